The Morgan fingerprint density at radius 1 is 0.462 bits per heavy atom. The van der Waals surface area contributed by atoms with Crippen LogP contribution in [0.3, 0.4) is 0 Å². The predicted molar refractivity (Wildman–Crippen MR) is 187 cm³/mol. The fourth-order valence-electron chi connectivity index (χ4n) is 2.61. The van der Waals surface area contributed by atoms with Crippen LogP contribution >= 0.6 is 0 Å². The van der Waals surface area contributed by atoms with Gasteiger partial charge >= 0.3 is 0 Å². The Morgan fingerprint density at radius 2 is 0.712 bits per heavy atom. The maximum atomic E-state index is 10.9. The van der Waals surface area contributed by atoms with E-state index in [9.17, 15) is 43.2 Å². The summed E-state index contributed by atoms with van der Waals surface area (Å²) in [6.45, 7) is 13.1. The van der Waals surface area contributed by atoms with Crippen molar-refractivity contribution in [1.82, 2.24) is 0 Å². The summed E-state index contributed by atoms with van der Waals surface area (Å²) in [4.78, 5) is 95.6. The largest absolute Gasteiger partial charge is 0.574 e. The molecule has 16 heteroatoms. The van der Waals surface area contributed by atoms with Crippen molar-refractivity contribution in [2.24, 2.45) is 5.92 Å². The normalized spacial score (nSPS) is 9.10. The Kier molecular flexibility index (Phi) is 90.1. The first kappa shape index (κ1) is 84.6. The van der Waals surface area contributed by atoms with Gasteiger partial charge in [-0.15, -0.1) is 0 Å². The Balaban J connectivity index is -0.0000000390. The van der Waals surface area contributed by atoms with Gasteiger partial charge in [-0.2, -0.15) is 0 Å². The van der Waals surface area contributed by atoms with Gasteiger partial charge in [0.15, 0.2) is 0 Å². The number of ketones is 6. The van der Waals surface area contributed by atoms with Gasteiger partial charge in [0.25, 0.3) is 0 Å². The minimum absolute atomic E-state index is 0. The van der Waals surface area contributed by atoms with Gasteiger partial charge in [-0.1, -0.05) is 72.1 Å². The number of carbonyl (C=O) groups is 6. The van der Waals surface area contributed by atoms with Crippen LogP contribution < -0.4 is 0 Å². The fourth-order valence-corrected chi connectivity index (χ4v) is 2.61. The van der Waals surface area contributed by atoms with Gasteiger partial charge in [0.05, 0.1) is 35.7 Å². The van der Waals surface area contributed by atoms with Crippen LogP contribution in [0.4, 0.5) is 0 Å². The van der Waals surface area contributed by atoms with Crippen LogP contribution in [-0.4, -0.2) is 68.9 Å². The Labute approximate surface area is 414 Å². The second kappa shape index (κ2) is 55.4. The van der Waals surface area contributed by atoms with Gasteiger partial charge < -0.3 is 88.2 Å². The summed E-state index contributed by atoms with van der Waals surface area (Å²) in [5, 5.41) is 26.4. The third-order valence-electron chi connectivity index (χ3n) is 5.42. The van der Waals surface area contributed by atoms with E-state index in [2.05, 4.69) is 0 Å². The molecule has 292 valence electrons. The minimum Gasteiger partial charge on any atom is -0.574 e. The molecule has 0 spiro atoms. The van der Waals surface area contributed by atoms with Crippen molar-refractivity contribution < 1.29 is 189 Å². The number of Topliss-reactive ketones (excluding diaryl/α,β-unsaturated/α-hetero) is 6. The molecule has 0 unspecified atom stereocenters. The third-order valence-corrected chi connectivity index (χ3v) is 5.42. The molecule has 52 heavy (non-hydrogen) atoms. The molecule has 0 heterocycles. The van der Waals surface area contributed by atoms with E-state index in [0.29, 0.717) is 0 Å². The van der Waals surface area contributed by atoms with Crippen LogP contribution in [0.1, 0.15) is 107 Å². The number of aliphatic hydroxyl groups excluding tert-OH is 3. The minimum atomic E-state index is -1.13. The van der Waals surface area contributed by atoms with E-state index >= 15 is 0 Å². The van der Waals surface area contributed by atoms with Gasteiger partial charge in [-0.3, -0.25) is 0 Å². The quantitative estimate of drug-likeness (QED) is 0.0485. The number of aliphatic hydroxyl groups is 3. The van der Waals surface area contributed by atoms with Gasteiger partial charge in [0.2, 0.25) is 0 Å². The second-order valence-corrected chi connectivity index (χ2v) is 8.34. The molecule has 4 radical (unpaired) electrons. The van der Waals surface area contributed by atoms with E-state index in [1.165, 1.54) is 18.9 Å². The molecule has 0 aromatic heterocycles. The molecule has 0 aliphatic carbocycles. The van der Waals surface area contributed by atoms with Gasteiger partial charge in [-0.05, 0) is 56.0 Å². The summed E-state index contributed by atoms with van der Waals surface area (Å²) in [6, 6.07) is 0. The zero-order chi connectivity index (χ0) is 35.4. The molecule has 0 atom stereocenters. The van der Waals surface area contributed by atoms with Crippen LogP contribution in [0.5, 0.6) is 0 Å². The summed E-state index contributed by atoms with van der Waals surface area (Å²) in [5.74, 6) is -3.61. The molecule has 0 amide bonds. The zero-order valence-electron chi connectivity index (χ0n) is 33.1. The smallest absolute Gasteiger partial charge is 0.116 e. The maximum Gasteiger partial charge on any atom is 0.116 e. The topological polar surface area (TPSA) is 214 Å². The summed E-state index contributed by atoms with van der Waals surface area (Å²) in [5.41, 5.74) is -0.639. The third kappa shape index (κ3) is 38.3. The van der Waals surface area contributed by atoms with Crippen molar-refractivity contribution >= 4 is 53.6 Å². The van der Waals surface area contributed by atoms with E-state index < -0.39 is 5.92 Å². The molecular weight excluding hydrogens is 980 g/mol. The SMILES string of the molecule is CCC(=O)/C([C-]=O)=C(/O)CC.CCC(=O)/C([C-]=O)=C(\O)CC.CCC(=O)C(=[C-]O)C(=O)CC.CCC(=O)C([C-]=O)C(=O)CC.[CH3-].[CH3-].[CH3-].[CH3-].[Y].[Y].[Y].[Y]. The molecule has 3 N–H and O–H groups in total. The molecule has 12 nitrogen and oxygen atoms in total. The van der Waals surface area contributed by atoms with Gasteiger partial charge in [0.1, 0.15) is 11.6 Å². The maximum absolute atomic E-state index is 10.9. The molecule has 0 aromatic carbocycles. The molecule has 0 bridgehead atoms. The molecule has 0 saturated carbocycles. The fraction of sp³-hybridized carbons (Fsp3) is 0.472. The van der Waals surface area contributed by atoms with Crippen LogP contribution in [0.15, 0.2) is 28.2 Å². The van der Waals surface area contributed by atoms with Gasteiger partial charge in [-0.25, -0.2) is 6.29 Å². The standard InChI is InChI=1S/4C8H11O3.4CH3.4Y/c4*1-3-7(10)6(5-9)8(11)4-2;;;;;;;;/h2*10H,3-4H2,1-2H3;9H,3-4H2,1-2H3;6H,3-4H2,1-2H3;4*1H3;;;;/q8*-1;;;;/b7-6+;7-6-;;;;;;;;;;. The Hall–Kier alpha value is 0.0656. The van der Waals surface area contributed by atoms with E-state index in [-0.39, 0.29) is 275 Å². The number of rotatable bonds is 17. The van der Waals surface area contributed by atoms with Crippen LogP contribution in [0.2, 0.25) is 0 Å². The van der Waals surface area contributed by atoms with E-state index in [1.807, 2.05) is 0 Å². The summed E-state index contributed by atoms with van der Waals surface area (Å²) >= 11 is 0. The first-order valence-electron chi connectivity index (χ1n) is 14.1. The number of hydrogen-bond acceptors (Lipinski definition) is 12. The predicted octanol–water partition coefficient (Wildman–Crippen LogP) is 6.25. The number of carbonyl (C=O) groups excluding carboxylic acids is 9. The first-order valence-corrected chi connectivity index (χ1v) is 14.1. The Bertz CT molecular complexity index is 1030. The van der Waals surface area contributed by atoms with E-state index in [4.69, 9.17) is 15.3 Å². The molecule has 0 aliphatic rings. The summed E-state index contributed by atoms with van der Waals surface area (Å²) < 4.78 is 0. The summed E-state index contributed by atoms with van der Waals surface area (Å²) in [6.07, 6.45) is 7.81. The number of allylic oxidation sites excluding steroid dienone is 5. The molecule has 0 aromatic rings. The van der Waals surface area contributed by atoms with Gasteiger partial charge in [0, 0.05) is 150 Å². The van der Waals surface area contributed by atoms with E-state index in [1.54, 1.807) is 61.7 Å². The van der Waals surface area contributed by atoms with E-state index in [0.717, 1.165) is 0 Å². The van der Waals surface area contributed by atoms with Crippen molar-refractivity contribution in [3.05, 3.63) is 64.2 Å². The molecule has 0 rings (SSSR count). The second-order valence-electron chi connectivity index (χ2n) is 8.34. The summed E-state index contributed by atoms with van der Waals surface area (Å²) in [7, 11) is 0. The molecule has 0 saturated heterocycles. The molecule has 0 aliphatic heterocycles. The average Bonchev–Trinajstić information content (AvgIpc) is 3.05. The van der Waals surface area contributed by atoms with Crippen molar-refractivity contribution in [3.8, 4) is 0 Å². The number of hydrogen-bond donors (Lipinski definition) is 3. The zero-order valence-corrected chi connectivity index (χ0v) is 44.4. The molecular formula is C36H56O12Y4-8. The van der Waals surface area contributed by atoms with Crippen molar-refractivity contribution in [2.45, 2.75) is 107 Å². The Morgan fingerprint density at radius 3 is 0.846 bits per heavy atom. The van der Waals surface area contributed by atoms with Crippen molar-refractivity contribution in [3.63, 3.8) is 0 Å². The monoisotopic (exact) mass is 1040 g/mol. The average molecular weight is 1040 g/mol. The van der Waals surface area contributed by atoms with Crippen LogP contribution in [-0.2, 0) is 174 Å². The first-order chi connectivity index (χ1) is 20.7. The van der Waals surface area contributed by atoms with Crippen molar-refractivity contribution in [1.29, 1.82) is 0 Å². The van der Waals surface area contributed by atoms with Crippen molar-refractivity contribution in [2.75, 3.05) is 0 Å². The van der Waals surface area contributed by atoms with Crippen LogP contribution in [0.25, 0.3) is 0 Å². The van der Waals surface area contributed by atoms with Crippen LogP contribution in [0, 0.1) is 41.9 Å². The molecule has 0 fully saturated rings.